The largest absolute Gasteiger partial charge is 0.492 e. The summed E-state index contributed by atoms with van der Waals surface area (Å²) < 4.78 is 45.8. The molecule has 0 aliphatic carbocycles. The van der Waals surface area contributed by atoms with Crippen molar-refractivity contribution in [2.24, 2.45) is 0 Å². The van der Waals surface area contributed by atoms with Gasteiger partial charge in [0.15, 0.2) is 5.13 Å². The molecule has 31 heavy (non-hydrogen) atoms. The van der Waals surface area contributed by atoms with Crippen LogP contribution in [-0.2, 0) is 6.18 Å². The molecule has 0 aliphatic rings. The quantitative estimate of drug-likeness (QED) is 0.464. The van der Waals surface area contributed by atoms with Crippen LogP contribution in [0.4, 0.5) is 18.3 Å². The van der Waals surface area contributed by atoms with E-state index in [1.54, 1.807) is 6.07 Å². The highest BCUT2D eigenvalue weighted by molar-refractivity contribution is 7.22. The fourth-order valence-corrected chi connectivity index (χ4v) is 3.87. The summed E-state index contributed by atoms with van der Waals surface area (Å²) in [5.41, 5.74) is -0.261. The Morgan fingerprint density at radius 2 is 1.84 bits per heavy atom. The van der Waals surface area contributed by atoms with Gasteiger partial charge in [0.1, 0.15) is 11.3 Å². The summed E-state index contributed by atoms with van der Waals surface area (Å²) in [5, 5.41) is 0.418. The smallest absolute Gasteiger partial charge is 0.416 e. The first-order valence-corrected chi connectivity index (χ1v) is 10.2. The fraction of sp³-hybridized carbons (Fsp3) is 0.333. The number of rotatable bonds is 7. The Morgan fingerprint density at radius 1 is 1.13 bits per heavy atom. The van der Waals surface area contributed by atoms with Crippen molar-refractivity contribution in [2.45, 2.75) is 13.1 Å². The summed E-state index contributed by atoms with van der Waals surface area (Å²) in [6, 6.07) is 9.97. The topological polar surface area (TPSA) is 45.7 Å². The van der Waals surface area contributed by atoms with Gasteiger partial charge in [-0.05, 0) is 51.4 Å². The lowest BCUT2D eigenvalue weighted by Gasteiger charge is -2.22. The van der Waals surface area contributed by atoms with E-state index >= 15 is 0 Å². The second kappa shape index (κ2) is 10.3. The third kappa shape index (κ3) is 5.87. The highest BCUT2D eigenvalue weighted by atomic mass is 35.5. The lowest BCUT2D eigenvalue weighted by Crippen LogP contribution is -2.36. The Hall–Kier alpha value is -2.36. The number of carbonyl (C=O) groups excluding carboxylic acids is 1. The molecule has 0 bridgehead atoms. The summed E-state index contributed by atoms with van der Waals surface area (Å²) >= 11 is 1.30. The minimum absolute atomic E-state index is 0. The van der Waals surface area contributed by atoms with E-state index in [-0.39, 0.29) is 24.5 Å². The van der Waals surface area contributed by atoms with Crippen molar-refractivity contribution < 1.29 is 22.7 Å². The molecule has 168 valence electrons. The van der Waals surface area contributed by atoms with Gasteiger partial charge in [0.05, 0.1) is 16.9 Å². The standard InChI is InChI=1S/C21H22F3N3O2S.ClH/c1-4-29-16-9-6-10-17-18(16)25-20(30-17)27(12-11-26(2)3)19(28)14-7-5-8-15(13-14)21(22,23)24;/h5-10,13H,4,11-12H2,1-3H3;1H. The van der Waals surface area contributed by atoms with Gasteiger partial charge in [-0.2, -0.15) is 13.2 Å². The molecular formula is C21H23ClF3N3O2S. The van der Waals surface area contributed by atoms with Crippen molar-refractivity contribution >= 4 is 45.0 Å². The van der Waals surface area contributed by atoms with E-state index < -0.39 is 17.6 Å². The van der Waals surface area contributed by atoms with E-state index in [1.165, 1.54) is 28.4 Å². The molecule has 0 fully saturated rings. The van der Waals surface area contributed by atoms with E-state index in [0.717, 1.165) is 16.8 Å². The number of para-hydroxylation sites is 1. The second-order valence-electron chi connectivity index (χ2n) is 6.87. The van der Waals surface area contributed by atoms with Gasteiger partial charge in [-0.25, -0.2) is 4.98 Å². The van der Waals surface area contributed by atoms with E-state index in [1.807, 2.05) is 38.1 Å². The summed E-state index contributed by atoms with van der Waals surface area (Å²) in [7, 11) is 3.72. The molecule has 0 saturated carbocycles. The Balaban J connectivity index is 0.00000341. The van der Waals surface area contributed by atoms with Crippen LogP contribution in [0.3, 0.4) is 0 Å². The van der Waals surface area contributed by atoms with Crippen LogP contribution in [0.15, 0.2) is 42.5 Å². The Morgan fingerprint density at radius 3 is 2.48 bits per heavy atom. The van der Waals surface area contributed by atoms with Gasteiger partial charge in [-0.3, -0.25) is 9.69 Å². The number of thiazole rings is 1. The van der Waals surface area contributed by atoms with Crippen molar-refractivity contribution in [1.82, 2.24) is 9.88 Å². The maximum atomic E-state index is 13.2. The van der Waals surface area contributed by atoms with Crippen molar-refractivity contribution in [3.63, 3.8) is 0 Å². The van der Waals surface area contributed by atoms with E-state index in [2.05, 4.69) is 4.98 Å². The number of aromatic nitrogens is 1. The van der Waals surface area contributed by atoms with Crippen molar-refractivity contribution in [2.75, 3.05) is 38.7 Å². The third-order valence-corrected chi connectivity index (χ3v) is 5.40. The Kier molecular flexibility index (Phi) is 8.27. The lowest BCUT2D eigenvalue weighted by atomic mass is 10.1. The molecule has 3 aromatic rings. The van der Waals surface area contributed by atoms with Crippen LogP contribution in [-0.4, -0.2) is 49.6 Å². The summed E-state index contributed by atoms with van der Waals surface area (Å²) in [4.78, 5) is 21.1. The molecule has 0 N–H and O–H groups in total. The molecule has 3 rings (SSSR count). The number of alkyl halides is 3. The van der Waals surface area contributed by atoms with Crippen molar-refractivity contribution in [1.29, 1.82) is 0 Å². The molecule has 0 saturated heterocycles. The van der Waals surface area contributed by atoms with Crippen LogP contribution in [0.2, 0.25) is 0 Å². The normalized spacial score (nSPS) is 11.5. The number of fused-ring (bicyclic) bond motifs is 1. The van der Waals surface area contributed by atoms with Crippen LogP contribution in [0.25, 0.3) is 10.2 Å². The molecular weight excluding hydrogens is 451 g/mol. The average Bonchev–Trinajstić information content (AvgIpc) is 3.12. The molecule has 0 unspecified atom stereocenters. The van der Waals surface area contributed by atoms with Crippen LogP contribution >= 0.6 is 23.7 Å². The molecule has 0 radical (unpaired) electrons. The van der Waals surface area contributed by atoms with E-state index in [0.29, 0.717) is 29.5 Å². The molecule has 0 aliphatic heterocycles. The zero-order chi connectivity index (χ0) is 21.9. The number of benzene rings is 2. The van der Waals surface area contributed by atoms with E-state index in [4.69, 9.17) is 4.74 Å². The number of halogens is 4. The molecule has 10 heteroatoms. The van der Waals surface area contributed by atoms with Crippen LogP contribution in [0.5, 0.6) is 5.75 Å². The number of ether oxygens (including phenoxy) is 1. The van der Waals surface area contributed by atoms with Crippen LogP contribution < -0.4 is 9.64 Å². The number of nitrogens with zero attached hydrogens (tertiary/aromatic N) is 3. The first kappa shape index (κ1) is 24.9. The number of hydrogen-bond acceptors (Lipinski definition) is 5. The zero-order valence-electron chi connectivity index (χ0n) is 17.3. The zero-order valence-corrected chi connectivity index (χ0v) is 18.9. The minimum atomic E-state index is -4.52. The fourth-order valence-electron chi connectivity index (χ4n) is 2.87. The van der Waals surface area contributed by atoms with Crippen molar-refractivity contribution in [3.05, 3.63) is 53.6 Å². The third-order valence-electron chi connectivity index (χ3n) is 4.35. The van der Waals surface area contributed by atoms with Gasteiger partial charge in [0.2, 0.25) is 0 Å². The number of amides is 1. The summed E-state index contributed by atoms with van der Waals surface area (Å²) in [6.45, 7) is 3.15. The maximum Gasteiger partial charge on any atom is 0.416 e. The molecule has 1 amide bonds. The van der Waals surface area contributed by atoms with Gasteiger partial charge in [0.25, 0.3) is 5.91 Å². The van der Waals surface area contributed by atoms with Gasteiger partial charge >= 0.3 is 6.18 Å². The van der Waals surface area contributed by atoms with Gasteiger partial charge in [-0.1, -0.05) is 23.5 Å². The van der Waals surface area contributed by atoms with Crippen molar-refractivity contribution in [3.8, 4) is 5.75 Å². The lowest BCUT2D eigenvalue weighted by molar-refractivity contribution is -0.137. The predicted molar refractivity (Wildman–Crippen MR) is 120 cm³/mol. The minimum Gasteiger partial charge on any atom is -0.492 e. The SMILES string of the molecule is CCOc1cccc2sc(N(CCN(C)C)C(=O)c3cccc(C(F)(F)F)c3)nc12.Cl. The highest BCUT2D eigenvalue weighted by Gasteiger charge is 2.32. The first-order chi connectivity index (χ1) is 14.2. The predicted octanol–water partition coefficient (Wildman–Crippen LogP) is 5.34. The molecule has 0 spiro atoms. The molecule has 5 nitrogen and oxygen atoms in total. The summed E-state index contributed by atoms with van der Waals surface area (Å²) in [6.07, 6.45) is -4.52. The van der Waals surface area contributed by atoms with E-state index in [9.17, 15) is 18.0 Å². The molecule has 2 aromatic carbocycles. The van der Waals surface area contributed by atoms with Gasteiger partial charge < -0.3 is 9.64 Å². The Bertz CT molecular complexity index is 1040. The van der Waals surface area contributed by atoms with Gasteiger partial charge in [-0.15, -0.1) is 12.4 Å². The molecule has 0 atom stereocenters. The van der Waals surface area contributed by atoms with Gasteiger partial charge in [0, 0.05) is 18.7 Å². The molecule has 1 aromatic heterocycles. The molecule has 1 heterocycles. The number of carbonyl (C=O) groups is 1. The number of anilines is 1. The average molecular weight is 474 g/mol. The highest BCUT2D eigenvalue weighted by Crippen LogP contribution is 2.35. The Labute approximate surface area is 188 Å². The van der Waals surface area contributed by atoms with Crippen LogP contribution in [0.1, 0.15) is 22.8 Å². The second-order valence-corrected chi connectivity index (χ2v) is 7.88. The van der Waals surface area contributed by atoms with Crippen LogP contribution in [0, 0.1) is 0 Å². The number of hydrogen-bond donors (Lipinski definition) is 0. The maximum absolute atomic E-state index is 13.2. The summed E-state index contributed by atoms with van der Waals surface area (Å²) in [5.74, 6) is 0.0801. The number of likely N-dealkylation sites (N-methyl/N-ethyl adjacent to an activating group) is 1. The monoisotopic (exact) mass is 473 g/mol. The first-order valence-electron chi connectivity index (χ1n) is 9.37.